The molecule has 2 N–H and O–H groups in total. The molecule has 1 aromatic heterocycles. The minimum absolute atomic E-state index is 0.0418. The van der Waals surface area contributed by atoms with E-state index in [4.69, 9.17) is 4.74 Å². The van der Waals surface area contributed by atoms with Gasteiger partial charge in [0.15, 0.2) is 6.61 Å². The number of fused-ring (bicyclic) bond motifs is 1. The molecule has 3 aromatic rings. The first kappa shape index (κ1) is 16.4. The van der Waals surface area contributed by atoms with Crippen LogP contribution in [-0.2, 0) is 4.79 Å². The number of ether oxygens (including phenoxy) is 1. The molecule has 4 rings (SSSR count). The summed E-state index contributed by atoms with van der Waals surface area (Å²) in [7, 11) is 0. The summed E-state index contributed by atoms with van der Waals surface area (Å²) in [6.07, 6.45) is 0. The average molecular weight is 364 g/mol. The number of hydrogen-bond donors (Lipinski definition) is 2. The van der Waals surface area contributed by atoms with E-state index in [2.05, 4.69) is 10.6 Å². The van der Waals surface area contributed by atoms with Gasteiger partial charge in [-0.1, -0.05) is 36.4 Å². The van der Waals surface area contributed by atoms with Crippen LogP contribution in [0.4, 0.5) is 5.69 Å². The molecular weight excluding hydrogens is 348 g/mol. The molecule has 0 saturated carbocycles. The molecule has 2 heterocycles. The average Bonchev–Trinajstić information content (AvgIpc) is 3.20. The van der Waals surface area contributed by atoms with Crippen molar-refractivity contribution in [1.29, 1.82) is 0 Å². The third kappa shape index (κ3) is 3.32. The molecule has 2 amide bonds. The Balaban J connectivity index is 1.60. The maximum absolute atomic E-state index is 12.8. The zero-order chi connectivity index (χ0) is 17.9. The summed E-state index contributed by atoms with van der Waals surface area (Å²) in [6.45, 7) is -0.0418. The van der Waals surface area contributed by atoms with Crippen LogP contribution < -0.4 is 15.4 Å². The topological polar surface area (TPSA) is 67.4 Å². The molecule has 0 spiro atoms. The van der Waals surface area contributed by atoms with Gasteiger partial charge in [0.25, 0.3) is 11.8 Å². The number of benzene rings is 2. The maximum Gasteiger partial charge on any atom is 0.262 e. The zero-order valence-corrected chi connectivity index (χ0v) is 14.6. The summed E-state index contributed by atoms with van der Waals surface area (Å²) in [5, 5.41) is 7.81. The molecule has 26 heavy (non-hydrogen) atoms. The van der Waals surface area contributed by atoms with Gasteiger partial charge in [0.1, 0.15) is 5.75 Å². The smallest absolute Gasteiger partial charge is 0.262 e. The van der Waals surface area contributed by atoms with Crippen LogP contribution in [0, 0.1) is 0 Å². The van der Waals surface area contributed by atoms with E-state index in [9.17, 15) is 9.59 Å². The highest BCUT2D eigenvalue weighted by Gasteiger charge is 2.21. The summed E-state index contributed by atoms with van der Waals surface area (Å²) in [4.78, 5) is 25.2. The van der Waals surface area contributed by atoms with Crippen molar-refractivity contribution >= 4 is 28.8 Å². The minimum atomic E-state index is -0.222. The Hall–Kier alpha value is -3.12. The number of thiophene rings is 1. The van der Waals surface area contributed by atoms with Crippen molar-refractivity contribution < 1.29 is 14.3 Å². The standard InChI is InChI=1S/C20H16N2O3S/c23-18-12-25-16-11-14(8-9-15(16)21-18)20(24)22-19(17-7-4-10-26-17)13-5-2-1-3-6-13/h1-11,19H,12H2,(H,21,23)(H,22,24). The second-order valence-electron chi connectivity index (χ2n) is 5.88. The highest BCUT2D eigenvalue weighted by atomic mass is 32.1. The van der Waals surface area contributed by atoms with Gasteiger partial charge < -0.3 is 15.4 Å². The molecular formula is C20H16N2O3S. The Bertz CT molecular complexity index is 939. The number of carbonyl (C=O) groups is 2. The van der Waals surface area contributed by atoms with Crippen molar-refractivity contribution in [3.63, 3.8) is 0 Å². The summed E-state index contributed by atoms with van der Waals surface area (Å²) in [5.41, 5.74) is 2.08. The monoisotopic (exact) mass is 364 g/mol. The number of nitrogens with one attached hydrogen (secondary N) is 2. The van der Waals surface area contributed by atoms with E-state index in [0.717, 1.165) is 10.4 Å². The Labute approximate surface area is 154 Å². The van der Waals surface area contributed by atoms with E-state index in [1.807, 2.05) is 47.8 Å². The van der Waals surface area contributed by atoms with Crippen LogP contribution in [0.25, 0.3) is 0 Å². The van der Waals surface area contributed by atoms with Crippen molar-refractivity contribution in [3.8, 4) is 5.75 Å². The number of hydrogen-bond acceptors (Lipinski definition) is 4. The number of amides is 2. The van der Waals surface area contributed by atoms with Crippen LogP contribution in [0.15, 0.2) is 66.0 Å². The Morgan fingerprint density at radius 1 is 1.12 bits per heavy atom. The normalized spacial score (nSPS) is 13.9. The van der Waals surface area contributed by atoms with Crippen molar-refractivity contribution in [3.05, 3.63) is 82.0 Å². The van der Waals surface area contributed by atoms with Crippen molar-refractivity contribution in [2.45, 2.75) is 6.04 Å². The second-order valence-corrected chi connectivity index (χ2v) is 6.86. The first-order chi connectivity index (χ1) is 12.7. The molecule has 1 aliphatic rings. The van der Waals surface area contributed by atoms with Gasteiger partial charge in [0.05, 0.1) is 11.7 Å². The molecule has 130 valence electrons. The highest BCUT2D eigenvalue weighted by molar-refractivity contribution is 7.10. The molecule has 0 aliphatic carbocycles. The van der Waals surface area contributed by atoms with Gasteiger partial charge in [-0.2, -0.15) is 0 Å². The fraction of sp³-hybridized carbons (Fsp3) is 0.100. The van der Waals surface area contributed by atoms with Crippen LogP contribution in [0.1, 0.15) is 26.8 Å². The Morgan fingerprint density at radius 2 is 1.96 bits per heavy atom. The quantitative estimate of drug-likeness (QED) is 0.743. The molecule has 5 nitrogen and oxygen atoms in total. The third-order valence-corrected chi connectivity index (χ3v) is 5.05. The lowest BCUT2D eigenvalue weighted by Crippen LogP contribution is -2.29. The minimum Gasteiger partial charge on any atom is -0.482 e. The van der Waals surface area contributed by atoms with Crippen LogP contribution in [-0.4, -0.2) is 18.4 Å². The van der Waals surface area contributed by atoms with Gasteiger partial charge in [-0.25, -0.2) is 0 Å². The lowest BCUT2D eigenvalue weighted by molar-refractivity contribution is -0.118. The van der Waals surface area contributed by atoms with Gasteiger partial charge in [-0.15, -0.1) is 11.3 Å². The molecule has 1 atom stereocenters. The lowest BCUT2D eigenvalue weighted by Gasteiger charge is -2.20. The molecule has 6 heteroatoms. The lowest BCUT2D eigenvalue weighted by atomic mass is 10.0. The van der Waals surface area contributed by atoms with E-state index < -0.39 is 0 Å². The molecule has 1 aliphatic heterocycles. The predicted octanol–water partition coefficient (Wildman–Crippen LogP) is 3.60. The second kappa shape index (κ2) is 7.01. The van der Waals surface area contributed by atoms with Gasteiger partial charge in [0, 0.05) is 10.4 Å². The predicted molar refractivity (Wildman–Crippen MR) is 101 cm³/mol. The zero-order valence-electron chi connectivity index (χ0n) is 13.8. The van der Waals surface area contributed by atoms with Crippen LogP contribution in [0.2, 0.25) is 0 Å². The highest BCUT2D eigenvalue weighted by Crippen LogP contribution is 2.30. The first-order valence-electron chi connectivity index (χ1n) is 8.16. The SMILES string of the molecule is O=C1COc2cc(C(=O)NC(c3ccccc3)c3cccs3)ccc2N1. The van der Waals surface area contributed by atoms with Gasteiger partial charge in [-0.3, -0.25) is 9.59 Å². The Kier molecular flexibility index (Phi) is 4.41. The van der Waals surface area contributed by atoms with Crippen LogP contribution in [0.5, 0.6) is 5.75 Å². The number of anilines is 1. The van der Waals surface area contributed by atoms with Crippen LogP contribution >= 0.6 is 11.3 Å². The fourth-order valence-electron chi connectivity index (χ4n) is 2.85. The van der Waals surface area contributed by atoms with Crippen molar-refractivity contribution in [2.24, 2.45) is 0 Å². The molecule has 1 unspecified atom stereocenters. The molecule has 2 aromatic carbocycles. The molecule has 0 saturated heterocycles. The van der Waals surface area contributed by atoms with Gasteiger partial charge in [0.2, 0.25) is 0 Å². The molecule has 0 radical (unpaired) electrons. The third-order valence-electron chi connectivity index (χ3n) is 4.11. The molecule has 0 fully saturated rings. The van der Waals surface area contributed by atoms with Crippen LogP contribution in [0.3, 0.4) is 0 Å². The number of carbonyl (C=O) groups excluding carboxylic acids is 2. The largest absolute Gasteiger partial charge is 0.482 e. The number of rotatable bonds is 4. The van der Waals surface area contributed by atoms with E-state index in [0.29, 0.717) is 17.0 Å². The summed E-state index contributed by atoms with van der Waals surface area (Å²) in [5.74, 6) is 0.108. The van der Waals surface area contributed by atoms with Crippen molar-refractivity contribution in [2.75, 3.05) is 11.9 Å². The van der Waals surface area contributed by atoms with E-state index in [1.165, 1.54) is 0 Å². The fourth-order valence-corrected chi connectivity index (χ4v) is 3.65. The first-order valence-corrected chi connectivity index (χ1v) is 9.04. The summed E-state index contributed by atoms with van der Waals surface area (Å²) < 4.78 is 5.40. The summed E-state index contributed by atoms with van der Waals surface area (Å²) >= 11 is 1.60. The molecule has 0 bridgehead atoms. The van der Waals surface area contributed by atoms with E-state index >= 15 is 0 Å². The van der Waals surface area contributed by atoms with E-state index in [1.54, 1.807) is 29.5 Å². The summed E-state index contributed by atoms with van der Waals surface area (Å²) in [6, 6.07) is 18.6. The Morgan fingerprint density at radius 3 is 2.73 bits per heavy atom. The van der Waals surface area contributed by atoms with Gasteiger partial charge >= 0.3 is 0 Å². The van der Waals surface area contributed by atoms with Crippen molar-refractivity contribution in [1.82, 2.24) is 5.32 Å². The van der Waals surface area contributed by atoms with E-state index in [-0.39, 0.29) is 24.5 Å². The van der Waals surface area contributed by atoms with Gasteiger partial charge in [-0.05, 0) is 35.2 Å². The maximum atomic E-state index is 12.8.